The molecule has 1 amide bonds. The number of hydrogen-bond acceptors (Lipinski definition) is 6. The normalized spacial score (nSPS) is 16.5. The van der Waals surface area contributed by atoms with Gasteiger partial charge in [0.1, 0.15) is 5.69 Å². The second kappa shape index (κ2) is 5.90. The van der Waals surface area contributed by atoms with Crippen molar-refractivity contribution in [3.8, 4) is 0 Å². The summed E-state index contributed by atoms with van der Waals surface area (Å²) in [4.78, 5) is 21.9. The molecule has 0 bridgehead atoms. The van der Waals surface area contributed by atoms with Crippen LogP contribution in [0.3, 0.4) is 0 Å². The number of carbonyl (C=O) groups excluding carboxylic acids is 1. The molecule has 3 heterocycles. The Hall–Kier alpha value is -1.44. The van der Waals surface area contributed by atoms with Crippen molar-refractivity contribution in [3.63, 3.8) is 0 Å². The second-order valence-electron chi connectivity index (χ2n) is 4.72. The van der Waals surface area contributed by atoms with Crippen LogP contribution in [0.1, 0.15) is 15.4 Å². The molecule has 2 aromatic rings. The lowest BCUT2D eigenvalue weighted by Gasteiger charge is -2.34. The summed E-state index contributed by atoms with van der Waals surface area (Å²) in [6, 6.07) is 4.23. The third-order valence-electron chi connectivity index (χ3n) is 3.36. The molecule has 0 saturated carbocycles. The highest BCUT2D eigenvalue weighted by Gasteiger charge is 2.23. The van der Waals surface area contributed by atoms with Crippen LogP contribution in [-0.4, -0.2) is 46.9 Å². The van der Waals surface area contributed by atoms with Gasteiger partial charge in [-0.25, -0.2) is 4.98 Å². The van der Waals surface area contributed by atoms with Gasteiger partial charge in [-0.3, -0.25) is 9.69 Å². The fourth-order valence-corrected chi connectivity index (χ4v) is 3.56. The maximum Gasteiger partial charge on any atom is 0.273 e. The first-order valence-corrected chi connectivity index (χ1v) is 8.23. The Kier molecular flexibility index (Phi) is 4.00. The van der Waals surface area contributed by atoms with Gasteiger partial charge in [0.15, 0.2) is 5.13 Å². The molecule has 3 rings (SSSR count). The molecule has 0 spiro atoms. The van der Waals surface area contributed by atoms with Gasteiger partial charge < -0.3 is 10.6 Å². The van der Waals surface area contributed by atoms with Gasteiger partial charge in [0, 0.05) is 43.0 Å². The summed E-state index contributed by atoms with van der Waals surface area (Å²) in [6.45, 7) is 4.29. The predicted octanol–water partition coefficient (Wildman–Crippen LogP) is 1.74. The number of anilines is 1. The van der Waals surface area contributed by atoms with Gasteiger partial charge >= 0.3 is 0 Å². The minimum atomic E-state index is -0.00581. The lowest BCUT2D eigenvalue weighted by molar-refractivity contribution is 0.0625. The van der Waals surface area contributed by atoms with Crippen molar-refractivity contribution in [2.45, 2.75) is 6.54 Å². The molecule has 1 fully saturated rings. The van der Waals surface area contributed by atoms with Crippen molar-refractivity contribution in [2.75, 3.05) is 31.9 Å². The lowest BCUT2D eigenvalue weighted by Crippen LogP contribution is -2.48. The molecule has 1 saturated heterocycles. The fourth-order valence-electron chi connectivity index (χ4n) is 2.28. The highest BCUT2D eigenvalue weighted by Crippen LogP contribution is 2.16. The number of piperazine rings is 1. The first kappa shape index (κ1) is 13.5. The highest BCUT2D eigenvalue weighted by molar-refractivity contribution is 7.13. The number of nitrogens with two attached hydrogens (primary N) is 1. The van der Waals surface area contributed by atoms with Crippen molar-refractivity contribution in [3.05, 3.63) is 33.5 Å². The summed E-state index contributed by atoms with van der Waals surface area (Å²) in [7, 11) is 0. The van der Waals surface area contributed by atoms with Gasteiger partial charge in [-0.15, -0.1) is 22.7 Å². The maximum absolute atomic E-state index is 12.2. The van der Waals surface area contributed by atoms with E-state index in [1.165, 1.54) is 16.2 Å². The van der Waals surface area contributed by atoms with Gasteiger partial charge in [0.25, 0.3) is 5.91 Å². The van der Waals surface area contributed by atoms with Crippen molar-refractivity contribution in [1.82, 2.24) is 14.8 Å². The van der Waals surface area contributed by atoms with E-state index in [9.17, 15) is 4.79 Å². The fraction of sp³-hybridized carbons (Fsp3) is 0.385. The predicted molar refractivity (Wildman–Crippen MR) is 82.0 cm³/mol. The minimum absolute atomic E-state index is 0.00581. The van der Waals surface area contributed by atoms with Crippen LogP contribution in [0, 0.1) is 0 Å². The van der Waals surface area contributed by atoms with Crippen molar-refractivity contribution in [2.24, 2.45) is 0 Å². The Bertz CT molecular complexity index is 573. The zero-order chi connectivity index (χ0) is 13.9. The average molecular weight is 308 g/mol. The molecule has 0 aliphatic carbocycles. The van der Waals surface area contributed by atoms with Crippen LogP contribution < -0.4 is 5.73 Å². The van der Waals surface area contributed by atoms with E-state index >= 15 is 0 Å². The molecule has 106 valence electrons. The quantitative estimate of drug-likeness (QED) is 0.938. The standard InChI is InChI=1S/C13H16N4OS2/c14-13-15-11(9-20-13)12(18)17-5-3-16(4-6-17)8-10-2-1-7-19-10/h1-2,7,9H,3-6,8H2,(H2,14,15). The zero-order valence-electron chi connectivity index (χ0n) is 11.0. The largest absolute Gasteiger partial charge is 0.375 e. The van der Waals surface area contributed by atoms with Crippen molar-refractivity contribution in [1.29, 1.82) is 0 Å². The van der Waals surface area contributed by atoms with E-state index in [-0.39, 0.29) is 5.91 Å². The monoisotopic (exact) mass is 308 g/mol. The smallest absolute Gasteiger partial charge is 0.273 e. The second-order valence-corrected chi connectivity index (χ2v) is 6.64. The number of hydrogen-bond donors (Lipinski definition) is 1. The molecular formula is C13H16N4OS2. The van der Waals surface area contributed by atoms with Crippen LogP contribution >= 0.6 is 22.7 Å². The number of rotatable bonds is 3. The summed E-state index contributed by atoms with van der Waals surface area (Å²) in [5.41, 5.74) is 6.04. The van der Waals surface area contributed by atoms with Crippen LogP contribution in [-0.2, 0) is 6.54 Å². The summed E-state index contributed by atoms with van der Waals surface area (Å²) in [5, 5.41) is 4.28. The van der Waals surface area contributed by atoms with Crippen molar-refractivity contribution >= 4 is 33.7 Å². The van der Waals surface area contributed by atoms with Crippen LogP contribution in [0.15, 0.2) is 22.9 Å². The van der Waals surface area contributed by atoms with E-state index in [4.69, 9.17) is 5.73 Å². The molecule has 0 aromatic carbocycles. The third kappa shape index (κ3) is 3.00. The number of thiazole rings is 1. The number of amides is 1. The van der Waals surface area contributed by atoms with E-state index in [2.05, 4.69) is 27.4 Å². The van der Waals surface area contributed by atoms with E-state index in [0.717, 1.165) is 32.7 Å². The molecule has 2 N–H and O–H groups in total. The average Bonchev–Trinajstić information content (AvgIpc) is 3.10. The summed E-state index contributed by atoms with van der Waals surface area (Å²) >= 11 is 3.09. The summed E-state index contributed by atoms with van der Waals surface area (Å²) < 4.78 is 0. The Morgan fingerprint density at radius 2 is 2.10 bits per heavy atom. The first-order valence-electron chi connectivity index (χ1n) is 6.47. The number of nitrogens with zero attached hydrogens (tertiary/aromatic N) is 3. The Morgan fingerprint density at radius 3 is 2.70 bits per heavy atom. The number of thiophene rings is 1. The molecule has 7 heteroatoms. The van der Waals surface area contributed by atoms with E-state index < -0.39 is 0 Å². The van der Waals surface area contributed by atoms with Gasteiger partial charge in [-0.05, 0) is 11.4 Å². The summed E-state index contributed by atoms with van der Waals surface area (Å²) in [6.07, 6.45) is 0. The Balaban J connectivity index is 1.54. The number of carbonyl (C=O) groups is 1. The molecule has 0 radical (unpaired) electrons. The highest BCUT2D eigenvalue weighted by atomic mass is 32.1. The van der Waals surface area contributed by atoms with Gasteiger partial charge in [0.05, 0.1) is 0 Å². The van der Waals surface area contributed by atoms with Crippen LogP contribution in [0.5, 0.6) is 0 Å². The van der Waals surface area contributed by atoms with Gasteiger partial charge in [-0.2, -0.15) is 0 Å². The minimum Gasteiger partial charge on any atom is -0.375 e. The molecule has 2 aromatic heterocycles. The number of aromatic nitrogens is 1. The summed E-state index contributed by atoms with van der Waals surface area (Å²) in [5.74, 6) is -0.00581. The molecule has 0 unspecified atom stereocenters. The van der Waals surface area contributed by atoms with Crippen LogP contribution in [0.25, 0.3) is 0 Å². The van der Waals surface area contributed by atoms with Crippen LogP contribution in [0.4, 0.5) is 5.13 Å². The molecule has 20 heavy (non-hydrogen) atoms. The first-order chi connectivity index (χ1) is 9.72. The SMILES string of the molecule is Nc1nc(C(=O)N2CCN(Cc3cccs3)CC2)cs1. The lowest BCUT2D eigenvalue weighted by atomic mass is 10.2. The molecule has 1 aliphatic rings. The molecule has 0 atom stereocenters. The van der Waals surface area contributed by atoms with E-state index in [1.807, 2.05) is 4.90 Å². The number of nitrogen functional groups attached to an aromatic ring is 1. The van der Waals surface area contributed by atoms with E-state index in [0.29, 0.717) is 10.8 Å². The van der Waals surface area contributed by atoms with Crippen molar-refractivity contribution < 1.29 is 4.79 Å². The van der Waals surface area contributed by atoms with Crippen LogP contribution in [0.2, 0.25) is 0 Å². The Morgan fingerprint density at radius 1 is 1.30 bits per heavy atom. The molecular weight excluding hydrogens is 292 g/mol. The topological polar surface area (TPSA) is 62.5 Å². The molecule has 1 aliphatic heterocycles. The maximum atomic E-state index is 12.2. The Labute approximate surface area is 125 Å². The van der Waals surface area contributed by atoms with Gasteiger partial charge in [0.2, 0.25) is 0 Å². The van der Waals surface area contributed by atoms with E-state index in [1.54, 1.807) is 16.7 Å². The zero-order valence-corrected chi connectivity index (χ0v) is 12.6. The molecule has 5 nitrogen and oxygen atoms in total. The van der Waals surface area contributed by atoms with Gasteiger partial charge in [-0.1, -0.05) is 6.07 Å². The third-order valence-corrected chi connectivity index (χ3v) is 4.90.